The maximum absolute atomic E-state index is 11.4. The van der Waals surface area contributed by atoms with Gasteiger partial charge in [-0.05, 0) is 11.1 Å². The van der Waals surface area contributed by atoms with E-state index < -0.39 is 24.3 Å². The second kappa shape index (κ2) is 5.42. The lowest BCUT2D eigenvalue weighted by molar-refractivity contribution is 0.552. The standard InChI is InChI=1S/C12H17ClO4S2/c1-12(2,9-18(3,14)15)11-6-4-10(5-7-11)8-19(13,16)17/h4-7H,8-9H2,1-3H3. The van der Waals surface area contributed by atoms with Crippen LogP contribution < -0.4 is 0 Å². The highest BCUT2D eigenvalue weighted by Gasteiger charge is 2.25. The van der Waals surface area contributed by atoms with Crippen LogP contribution in [0.2, 0.25) is 0 Å². The van der Waals surface area contributed by atoms with E-state index in [0.717, 1.165) is 5.56 Å². The highest BCUT2D eigenvalue weighted by Crippen LogP contribution is 2.25. The average molecular weight is 325 g/mol. The number of hydrogen-bond acceptors (Lipinski definition) is 4. The third-order valence-electron chi connectivity index (χ3n) is 2.70. The van der Waals surface area contributed by atoms with Gasteiger partial charge in [0.05, 0.1) is 11.5 Å². The predicted octanol–water partition coefficient (Wildman–Crippen LogP) is 2.08. The van der Waals surface area contributed by atoms with Crippen LogP contribution in [-0.2, 0) is 30.1 Å². The van der Waals surface area contributed by atoms with Crippen LogP contribution in [0, 0.1) is 0 Å². The minimum absolute atomic E-state index is 0.0349. The highest BCUT2D eigenvalue weighted by atomic mass is 35.7. The maximum Gasteiger partial charge on any atom is 0.236 e. The molecule has 0 amide bonds. The zero-order valence-corrected chi connectivity index (χ0v) is 13.4. The van der Waals surface area contributed by atoms with E-state index in [1.807, 2.05) is 13.8 Å². The summed E-state index contributed by atoms with van der Waals surface area (Å²) in [7, 11) is -1.49. The Bertz CT molecular complexity index is 643. The van der Waals surface area contributed by atoms with Crippen molar-refractivity contribution in [3.05, 3.63) is 35.4 Å². The summed E-state index contributed by atoms with van der Waals surface area (Å²) in [6, 6.07) is 6.78. The molecule has 0 radical (unpaired) electrons. The molecule has 0 aliphatic heterocycles. The molecule has 19 heavy (non-hydrogen) atoms. The second-order valence-electron chi connectivity index (χ2n) is 5.33. The molecule has 7 heteroatoms. The highest BCUT2D eigenvalue weighted by molar-refractivity contribution is 8.13. The second-order valence-corrected chi connectivity index (χ2v) is 10.3. The molecule has 0 aromatic heterocycles. The molecule has 0 saturated carbocycles. The van der Waals surface area contributed by atoms with E-state index in [2.05, 4.69) is 0 Å². The summed E-state index contributed by atoms with van der Waals surface area (Å²) in [6.07, 6.45) is 1.20. The quantitative estimate of drug-likeness (QED) is 0.778. The van der Waals surface area contributed by atoms with Gasteiger partial charge in [0.15, 0.2) is 0 Å². The van der Waals surface area contributed by atoms with Gasteiger partial charge in [-0.2, -0.15) is 0 Å². The number of rotatable bonds is 5. The molecule has 108 valence electrons. The Balaban J connectivity index is 2.98. The van der Waals surface area contributed by atoms with Crippen molar-refractivity contribution in [1.29, 1.82) is 0 Å². The molecule has 0 fully saturated rings. The summed E-state index contributed by atoms with van der Waals surface area (Å²) in [5.41, 5.74) is 0.897. The average Bonchev–Trinajstić information content (AvgIpc) is 2.11. The van der Waals surface area contributed by atoms with Gasteiger partial charge in [-0.1, -0.05) is 38.1 Å². The molecule has 1 aromatic carbocycles. The molecule has 0 heterocycles. The fourth-order valence-corrected chi connectivity index (χ4v) is 4.44. The summed E-state index contributed by atoms with van der Waals surface area (Å²) in [6.45, 7) is 3.67. The zero-order valence-electron chi connectivity index (χ0n) is 11.1. The van der Waals surface area contributed by atoms with Crippen molar-refractivity contribution in [2.24, 2.45) is 0 Å². The van der Waals surface area contributed by atoms with Crippen molar-refractivity contribution >= 4 is 29.6 Å². The van der Waals surface area contributed by atoms with Crippen LogP contribution in [0.3, 0.4) is 0 Å². The van der Waals surface area contributed by atoms with E-state index in [-0.39, 0.29) is 11.5 Å². The Morgan fingerprint density at radius 3 is 1.89 bits per heavy atom. The summed E-state index contributed by atoms with van der Waals surface area (Å²) in [5.74, 6) is -0.200. The molecule has 0 N–H and O–H groups in total. The van der Waals surface area contributed by atoms with Gasteiger partial charge in [-0.25, -0.2) is 16.8 Å². The predicted molar refractivity (Wildman–Crippen MR) is 77.7 cm³/mol. The van der Waals surface area contributed by atoms with Gasteiger partial charge in [-0.3, -0.25) is 0 Å². The lowest BCUT2D eigenvalue weighted by Crippen LogP contribution is -2.27. The SMILES string of the molecule is CC(C)(CS(C)(=O)=O)c1ccc(CS(=O)(=O)Cl)cc1. The van der Waals surface area contributed by atoms with Crippen LogP contribution in [0.5, 0.6) is 0 Å². The minimum Gasteiger partial charge on any atom is -0.229 e. The first-order chi connectivity index (χ1) is 8.39. The third kappa shape index (κ3) is 5.93. The first kappa shape index (κ1) is 16.5. The van der Waals surface area contributed by atoms with Crippen LogP contribution >= 0.6 is 10.7 Å². The summed E-state index contributed by atoms with van der Waals surface area (Å²) in [5, 5.41) is 0. The van der Waals surface area contributed by atoms with Gasteiger partial charge in [0, 0.05) is 22.4 Å². The number of benzene rings is 1. The monoisotopic (exact) mass is 324 g/mol. The Hall–Kier alpha value is -0.590. The van der Waals surface area contributed by atoms with Crippen molar-refractivity contribution in [2.45, 2.75) is 25.0 Å². The van der Waals surface area contributed by atoms with Gasteiger partial charge in [-0.15, -0.1) is 0 Å². The summed E-state index contributed by atoms with van der Waals surface area (Å²) < 4.78 is 44.7. The smallest absolute Gasteiger partial charge is 0.229 e. The van der Waals surface area contributed by atoms with Crippen LogP contribution in [-0.4, -0.2) is 28.8 Å². The van der Waals surface area contributed by atoms with Gasteiger partial charge >= 0.3 is 0 Å². The lowest BCUT2D eigenvalue weighted by Gasteiger charge is -2.24. The van der Waals surface area contributed by atoms with Crippen LogP contribution in [0.25, 0.3) is 0 Å². The summed E-state index contributed by atoms with van der Waals surface area (Å²) in [4.78, 5) is 0. The van der Waals surface area contributed by atoms with Crippen molar-refractivity contribution in [1.82, 2.24) is 0 Å². The fourth-order valence-electron chi connectivity index (χ4n) is 1.99. The molecule has 0 aliphatic rings. The van der Waals surface area contributed by atoms with E-state index in [4.69, 9.17) is 10.7 Å². The normalized spacial score (nSPS) is 13.5. The third-order valence-corrected chi connectivity index (χ3v) is 4.95. The van der Waals surface area contributed by atoms with Crippen molar-refractivity contribution < 1.29 is 16.8 Å². The van der Waals surface area contributed by atoms with Crippen LogP contribution in [0.1, 0.15) is 25.0 Å². The molecule has 1 rings (SSSR count). The van der Waals surface area contributed by atoms with Gasteiger partial charge < -0.3 is 0 Å². The van der Waals surface area contributed by atoms with Crippen LogP contribution in [0.4, 0.5) is 0 Å². The molecule has 0 unspecified atom stereocenters. The molecular weight excluding hydrogens is 308 g/mol. The topological polar surface area (TPSA) is 68.3 Å². The molecule has 0 spiro atoms. The molecule has 0 aliphatic carbocycles. The first-order valence-electron chi connectivity index (χ1n) is 5.59. The van der Waals surface area contributed by atoms with Crippen molar-refractivity contribution in [3.8, 4) is 0 Å². The van der Waals surface area contributed by atoms with E-state index in [9.17, 15) is 16.8 Å². The minimum atomic E-state index is -3.58. The fraction of sp³-hybridized carbons (Fsp3) is 0.500. The van der Waals surface area contributed by atoms with Gasteiger partial charge in [0.2, 0.25) is 9.05 Å². The molecule has 0 saturated heterocycles. The van der Waals surface area contributed by atoms with E-state index in [0.29, 0.717) is 5.56 Å². The number of hydrogen-bond donors (Lipinski definition) is 0. The zero-order chi connectivity index (χ0) is 14.9. The first-order valence-corrected chi connectivity index (χ1v) is 10.1. The Morgan fingerprint density at radius 2 is 1.53 bits per heavy atom. The largest absolute Gasteiger partial charge is 0.236 e. The molecular formula is C12H17ClO4S2. The lowest BCUT2D eigenvalue weighted by atomic mass is 9.86. The number of sulfone groups is 1. The van der Waals surface area contributed by atoms with E-state index >= 15 is 0 Å². The van der Waals surface area contributed by atoms with Crippen molar-refractivity contribution in [3.63, 3.8) is 0 Å². The maximum atomic E-state index is 11.4. The Morgan fingerprint density at radius 1 is 1.05 bits per heavy atom. The Kier molecular flexibility index (Phi) is 4.70. The molecule has 0 bridgehead atoms. The van der Waals surface area contributed by atoms with Crippen LogP contribution in [0.15, 0.2) is 24.3 Å². The number of halogens is 1. The van der Waals surface area contributed by atoms with E-state index in [1.165, 1.54) is 6.26 Å². The molecule has 0 atom stereocenters. The van der Waals surface area contributed by atoms with Gasteiger partial charge in [0.25, 0.3) is 0 Å². The molecule has 1 aromatic rings. The summed E-state index contributed by atoms with van der Waals surface area (Å²) >= 11 is 0. The van der Waals surface area contributed by atoms with E-state index in [1.54, 1.807) is 24.3 Å². The molecule has 4 nitrogen and oxygen atoms in total. The van der Waals surface area contributed by atoms with Crippen molar-refractivity contribution in [2.75, 3.05) is 12.0 Å². The Labute approximate surface area is 119 Å². The van der Waals surface area contributed by atoms with Gasteiger partial charge in [0.1, 0.15) is 9.84 Å².